The Balaban J connectivity index is 2.14. The van der Waals surface area contributed by atoms with Gasteiger partial charge in [-0.2, -0.15) is 4.73 Å². The average Bonchev–Trinajstić information content (AvgIpc) is 2.31. The van der Waals surface area contributed by atoms with Crippen molar-refractivity contribution >= 4 is 0 Å². The Hall–Kier alpha value is -1.13. The molecule has 2 radical (unpaired) electrons. The first-order valence-corrected chi connectivity index (χ1v) is 5.43. The topological polar surface area (TPSA) is 45.4 Å². The minimum absolute atomic E-state index is 0.217. The molecule has 0 aromatic carbocycles. The smallest absolute Gasteiger partial charge is 0.186 e. The van der Waals surface area contributed by atoms with Crippen molar-refractivity contribution in [1.82, 2.24) is 0 Å². The number of hydrogen-bond donors (Lipinski definition) is 0. The van der Waals surface area contributed by atoms with Crippen LogP contribution in [0.5, 0.6) is 0 Å². The normalized spacial score (nSPS) is 19.6. The third-order valence-corrected chi connectivity index (χ3v) is 2.97. The van der Waals surface area contributed by atoms with Crippen molar-refractivity contribution in [3.05, 3.63) is 42.4 Å². The Morgan fingerprint density at radius 3 is 2.88 bits per heavy atom. The lowest BCUT2D eigenvalue weighted by Crippen LogP contribution is -2.28. The number of ether oxygens (including phenoxy) is 2. The van der Waals surface area contributed by atoms with Gasteiger partial charge in [0.1, 0.15) is 7.11 Å². The Morgan fingerprint density at radius 2 is 2.25 bits per heavy atom. The van der Waals surface area contributed by atoms with Crippen molar-refractivity contribution in [2.24, 2.45) is 5.92 Å². The van der Waals surface area contributed by atoms with E-state index < -0.39 is 0 Å². The molecule has 1 aromatic heterocycles. The van der Waals surface area contributed by atoms with Gasteiger partial charge >= 0.3 is 0 Å². The predicted molar refractivity (Wildman–Crippen MR) is 57.1 cm³/mol. The van der Waals surface area contributed by atoms with Gasteiger partial charge in [0.25, 0.3) is 0 Å². The zero-order valence-corrected chi connectivity index (χ0v) is 9.04. The molecule has 0 spiro atoms. The van der Waals surface area contributed by atoms with Gasteiger partial charge in [-0.25, -0.2) is 0 Å². The molecule has 4 heteroatoms. The van der Waals surface area contributed by atoms with E-state index in [0.29, 0.717) is 5.92 Å². The molecule has 1 aliphatic heterocycles. The summed E-state index contributed by atoms with van der Waals surface area (Å²) in [5.74, 6) is 0.321. The van der Waals surface area contributed by atoms with Crippen LogP contribution in [0.25, 0.3) is 0 Å². The molecule has 4 nitrogen and oxygen atoms in total. The van der Waals surface area contributed by atoms with Gasteiger partial charge in [-0.05, 0) is 24.8 Å². The number of hydrogen-bond acceptors (Lipinski definition) is 3. The fourth-order valence-electron chi connectivity index (χ4n) is 2.12. The highest BCUT2D eigenvalue weighted by Crippen LogP contribution is 2.32. The maximum absolute atomic E-state index is 11.2. The van der Waals surface area contributed by atoms with E-state index in [1.54, 1.807) is 6.07 Å². The van der Waals surface area contributed by atoms with Gasteiger partial charge in [-0.1, -0.05) is 0 Å². The lowest BCUT2D eigenvalue weighted by molar-refractivity contribution is -0.606. The Morgan fingerprint density at radius 1 is 1.50 bits per heavy atom. The second-order valence-electron chi connectivity index (χ2n) is 4.00. The van der Waals surface area contributed by atoms with Crippen LogP contribution >= 0.6 is 0 Å². The van der Waals surface area contributed by atoms with E-state index >= 15 is 0 Å². The van der Waals surface area contributed by atoms with Crippen LogP contribution in [0.15, 0.2) is 24.5 Å². The standard InChI is InChI=1S/C12H15NO3/c1-15-12(10-4-7-16-8-5-10)11-3-2-6-13(14)9-11/h1-3,6,9-10,12H,4-5,7-8H2. The first-order valence-electron chi connectivity index (χ1n) is 5.43. The first kappa shape index (κ1) is 11.4. The summed E-state index contributed by atoms with van der Waals surface area (Å²) in [7, 11) is 5.33. The van der Waals surface area contributed by atoms with Crippen LogP contribution in [-0.4, -0.2) is 13.2 Å². The highest BCUT2D eigenvalue weighted by molar-refractivity contribution is 5.11. The summed E-state index contributed by atoms with van der Waals surface area (Å²) < 4.78 is 11.1. The quantitative estimate of drug-likeness (QED) is 0.573. The van der Waals surface area contributed by atoms with Gasteiger partial charge in [0, 0.05) is 24.8 Å². The van der Waals surface area contributed by atoms with Gasteiger partial charge in [0.2, 0.25) is 0 Å². The molecule has 0 amide bonds. The summed E-state index contributed by atoms with van der Waals surface area (Å²) in [6, 6.07) is 3.56. The van der Waals surface area contributed by atoms with E-state index in [4.69, 9.17) is 16.6 Å². The maximum atomic E-state index is 11.2. The van der Waals surface area contributed by atoms with Gasteiger partial charge in [0.15, 0.2) is 12.4 Å². The fourth-order valence-corrected chi connectivity index (χ4v) is 2.12. The third kappa shape index (κ3) is 2.51. The van der Waals surface area contributed by atoms with Crippen LogP contribution in [-0.2, 0) is 9.47 Å². The van der Waals surface area contributed by atoms with Gasteiger partial charge in [-0.15, -0.1) is 0 Å². The van der Waals surface area contributed by atoms with E-state index in [1.165, 1.54) is 12.4 Å². The predicted octanol–water partition coefficient (Wildman–Crippen LogP) is 1.47. The van der Waals surface area contributed by atoms with Gasteiger partial charge in [0.05, 0.1) is 6.10 Å². The minimum atomic E-state index is -0.217. The highest BCUT2D eigenvalue weighted by atomic mass is 16.5. The molecule has 1 aliphatic rings. The summed E-state index contributed by atoms with van der Waals surface area (Å²) in [6.07, 6.45) is 4.56. The number of pyridine rings is 1. The molecule has 0 aliphatic carbocycles. The number of nitrogens with zero attached hydrogens (tertiary/aromatic N) is 1. The summed E-state index contributed by atoms with van der Waals surface area (Å²) in [6.45, 7) is 1.46. The molecule has 1 fully saturated rings. The highest BCUT2D eigenvalue weighted by Gasteiger charge is 2.26. The van der Waals surface area contributed by atoms with Crippen LogP contribution in [0.4, 0.5) is 0 Å². The zero-order valence-electron chi connectivity index (χ0n) is 9.04. The van der Waals surface area contributed by atoms with Crippen LogP contribution in [0.1, 0.15) is 24.5 Å². The van der Waals surface area contributed by atoms with Crippen molar-refractivity contribution < 1.29 is 14.2 Å². The Kier molecular flexibility index (Phi) is 3.74. The van der Waals surface area contributed by atoms with Crippen molar-refractivity contribution in [3.63, 3.8) is 0 Å². The van der Waals surface area contributed by atoms with Crippen LogP contribution in [0.3, 0.4) is 0 Å². The molecular weight excluding hydrogens is 206 g/mol. The summed E-state index contributed by atoms with van der Waals surface area (Å²) in [4.78, 5) is 0. The molecule has 1 saturated heterocycles. The van der Waals surface area contributed by atoms with Crippen molar-refractivity contribution in [2.75, 3.05) is 13.2 Å². The number of aromatic nitrogens is 1. The molecule has 86 valence electrons. The lowest BCUT2D eigenvalue weighted by Gasteiger charge is -2.28. The molecule has 16 heavy (non-hydrogen) atoms. The summed E-state index contributed by atoms with van der Waals surface area (Å²) in [5, 5.41) is 11.2. The van der Waals surface area contributed by atoms with Crippen molar-refractivity contribution in [2.45, 2.75) is 18.9 Å². The maximum Gasteiger partial charge on any atom is 0.186 e. The third-order valence-electron chi connectivity index (χ3n) is 2.97. The number of rotatable bonds is 3. The average molecular weight is 221 g/mol. The first-order chi connectivity index (χ1) is 7.81. The monoisotopic (exact) mass is 221 g/mol. The fraction of sp³-hybridized carbons (Fsp3) is 0.500. The Labute approximate surface area is 95.4 Å². The molecule has 2 heterocycles. The second-order valence-corrected chi connectivity index (χ2v) is 4.00. The molecule has 0 N–H and O–H groups in total. The SMILES string of the molecule is [CH]OC(c1ccc[n+]([O-])c1)C1CCOCC1. The second kappa shape index (κ2) is 5.27. The summed E-state index contributed by atoms with van der Waals surface area (Å²) in [5.41, 5.74) is 0.826. The molecule has 2 rings (SSSR count). The van der Waals surface area contributed by atoms with E-state index in [0.717, 1.165) is 36.3 Å². The summed E-state index contributed by atoms with van der Waals surface area (Å²) >= 11 is 0. The van der Waals surface area contributed by atoms with Gasteiger partial charge < -0.3 is 14.7 Å². The molecule has 0 bridgehead atoms. The van der Waals surface area contributed by atoms with Crippen molar-refractivity contribution in [3.8, 4) is 0 Å². The van der Waals surface area contributed by atoms with Crippen LogP contribution in [0.2, 0.25) is 0 Å². The molecule has 1 unspecified atom stereocenters. The van der Waals surface area contributed by atoms with E-state index in [2.05, 4.69) is 0 Å². The lowest BCUT2D eigenvalue weighted by atomic mass is 9.90. The molecule has 1 atom stereocenters. The molecular formula is C12H15NO3. The van der Waals surface area contributed by atoms with Crippen LogP contribution < -0.4 is 4.73 Å². The van der Waals surface area contributed by atoms with Gasteiger partial charge in [-0.3, -0.25) is 0 Å². The largest absolute Gasteiger partial charge is 0.619 e. The zero-order chi connectivity index (χ0) is 11.4. The minimum Gasteiger partial charge on any atom is -0.619 e. The van der Waals surface area contributed by atoms with Crippen molar-refractivity contribution in [1.29, 1.82) is 0 Å². The van der Waals surface area contributed by atoms with E-state index in [-0.39, 0.29) is 6.10 Å². The Bertz CT molecular complexity index is 337. The van der Waals surface area contributed by atoms with Crippen LogP contribution in [0, 0.1) is 18.2 Å². The molecule has 1 aromatic rings. The molecule has 0 saturated carbocycles. The van der Waals surface area contributed by atoms with E-state index in [1.807, 2.05) is 6.07 Å². The van der Waals surface area contributed by atoms with E-state index in [9.17, 15) is 5.21 Å².